The first kappa shape index (κ1) is 12.8. The molecule has 0 radical (unpaired) electrons. The summed E-state index contributed by atoms with van der Waals surface area (Å²) in [7, 11) is 0. The van der Waals surface area contributed by atoms with Gasteiger partial charge in [-0.3, -0.25) is 4.79 Å². The zero-order valence-corrected chi connectivity index (χ0v) is 12.0. The van der Waals surface area contributed by atoms with E-state index in [0.717, 1.165) is 16.3 Å². The average molecular weight is 286 g/mol. The van der Waals surface area contributed by atoms with Gasteiger partial charge in [-0.25, -0.2) is 0 Å². The number of fused-ring (bicyclic) bond motifs is 3. The predicted molar refractivity (Wildman–Crippen MR) is 88.2 cm³/mol. The van der Waals surface area contributed by atoms with Gasteiger partial charge < -0.3 is 4.74 Å². The Morgan fingerprint density at radius 3 is 2.50 bits per heavy atom. The highest BCUT2D eigenvalue weighted by molar-refractivity contribution is 6.20. The maximum absolute atomic E-state index is 12.9. The van der Waals surface area contributed by atoms with Crippen LogP contribution in [-0.4, -0.2) is 12.4 Å². The van der Waals surface area contributed by atoms with E-state index in [-0.39, 0.29) is 5.78 Å². The van der Waals surface area contributed by atoms with Gasteiger partial charge in [0.1, 0.15) is 12.4 Å². The van der Waals surface area contributed by atoms with Crippen LogP contribution in [0, 0.1) is 0 Å². The number of Topliss-reactive ketones (excluding diaryl/α,β-unsaturated/α-hetero) is 1. The van der Waals surface area contributed by atoms with Gasteiger partial charge in [0.15, 0.2) is 5.78 Å². The van der Waals surface area contributed by atoms with Gasteiger partial charge in [-0.15, -0.1) is 0 Å². The lowest BCUT2D eigenvalue weighted by atomic mass is 9.93. The molecule has 3 aromatic rings. The lowest BCUT2D eigenvalue weighted by molar-refractivity contribution is 0.100. The number of carbonyl (C=O) groups is 1. The fraction of sp³-hybridized carbons (Fsp3) is 0.0500. The summed E-state index contributed by atoms with van der Waals surface area (Å²) in [6.07, 6.45) is 1.91. The molecular formula is C20H14O2. The van der Waals surface area contributed by atoms with Crippen molar-refractivity contribution in [3.63, 3.8) is 0 Å². The second-order valence-corrected chi connectivity index (χ2v) is 5.36. The quantitative estimate of drug-likeness (QED) is 0.616. The second-order valence-electron chi connectivity index (χ2n) is 5.36. The molecule has 2 heteroatoms. The van der Waals surface area contributed by atoms with Crippen LogP contribution >= 0.6 is 0 Å². The van der Waals surface area contributed by atoms with E-state index in [1.807, 2.05) is 72.8 Å². The van der Waals surface area contributed by atoms with E-state index in [2.05, 4.69) is 0 Å². The summed E-state index contributed by atoms with van der Waals surface area (Å²) in [6, 6.07) is 21.6. The van der Waals surface area contributed by atoms with Gasteiger partial charge in [-0.05, 0) is 28.5 Å². The Morgan fingerprint density at radius 2 is 1.64 bits per heavy atom. The minimum atomic E-state index is 0.0573. The Labute approximate surface area is 128 Å². The summed E-state index contributed by atoms with van der Waals surface area (Å²) in [4.78, 5) is 12.9. The molecule has 0 aromatic heterocycles. The summed E-state index contributed by atoms with van der Waals surface area (Å²) in [5, 5.41) is 2.00. The molecule has 1 aliphatic rings. The molecular weight excluding hydrogens is 272 g/mol. The van der Waals surface area contributed by atoms with Crippen molar-refractivity contribution >= 4 is 22.6 Å². The van der Waals surface area contributed by atoms with E-state index in [1.165, 1.54) is 0 Å². The summed E-state index contributed by atoms with van der Waals surface area (Å²) < 4.78 is 5.80. The van der Waals surface area contributed by atoms with Gasteiger partial charge in [-0.1, -0.05) is 60.7 Å². The Hall–Kier alpha value is -2.87. The van der Waals surface area contributed by atoms with Crippen LogP contribution in [0.25, 0.3) is 16.8 Å². The van der Waals surface area contributed by atoms with Crippen molar-refractivity contribution in [2.75, 3.05) is 6.61 Å². The van der Waals surface area contributed by atoms with Crippen LogP contribution in [0.4, 0.5) is 0 Å². The molecule has 0 N–H and O–H groups in total. The third-order valence-electron chi connectivity index (χ3n) is 3.93. The molecule has 0 bridgehead atoms. The van der Waals surface area contributed by atoms with E-state index < -0.39 is 0 Å². The van der Waals surface area contributed by atoms with E-state index in [9.17, 15) is 4.79 Å². The van der Waals surface area contributed by atoms with Crippen LogP contribution in [0.3, 0.4) is 0 Å². The fourth-order valence-electron chi connectivity index (χ4n) is 2.85. The van der Waals surface area contributed by atoms with Crippen LogP contribution in [0.1, 0.15) is 15.9 Å². The topological polar surface area (TPSA) is 26.3 Å². The molecule has 0 unspecified atom stereocenters. The van der Waals surface area contributed by atoms with Crippen LogP contribution in [0.2, 0.25) is 0 Å². The number of ketones is 1. The smallest absolute Gasteiger partial charge is 0.196 e. The Balaban J connectivity index is 1.86. The first-order chi connectivity index (χ1) is 10.8. The number of benzene rings is 3. The standard InChI is InChI=1S/C20H14O2/c21-20-16(12-14-6-2-1-3-7-14)13-22-18-11-10-15-8-4-5-9-17(15)19(18)20/h1-12H,13H2. The van der Waals surface area contributed by atoms with Gasteiger partial charge in [0, 0.05) is 5.57 Å². The zero-order valence-electron chi connectivity index (χ0n) is 12.0. The Bertz CT molecular complexity index is 892. The molecule has 22 heavy (non-hydrogen) atoms. The number of rotatable bonds is 1. The molecule has 0 fully saturated rings. The van der Waals surface area contributed by atoms with Crippen molar-refractivity contribution in [2.45, 2.75) is 0 Å². The monoisotopic (exact) mass is 286 g/mol. The molecule has 0 saturated heterocycles. The van der Waals surface area contributed by atoms with Gasteiger partial charge in [0.2, 0.25) is 0 Å². The van der Waals surface area contributed by atoms with E-state index in [4.69, 9.17) is 4.74 Å². The lowest BCUT2D eigenvalue weighted by Crippen LogP contribution is -2.19. The van der Waals surface area contributed by atoms with Crippen molar-refractivity contribution in [3.8, 4) is 5.75 Å². The van der Waals surface area contributed by atoms with Crippen molar-refractivity contribution in [1.82, 2.24) is 0 Å². The highest BCUT2D eigenvalue weighted by Gasteiger charge is 2.25. The Kier molecular flexibility index (Phi) is 3.01. The average Bonchev–Trinajstić information content (AvgIpc) is 2.58. The summed E-state index contributed by atoms with van der Waals surface area (Å²) in [5.74, 6) is 0.732. The first-order valence-electron chi connectivity index (χ1n) is 7.28. The zero-order chi connectivity index (χ0) is 14.9. The van der Waals surface area contributed by atoms with Gasteiger partial charge in [0.05, 0.1) is 5.56 Å². The van der Waals surface area contributed by atoms with Crippen molar-refractivity contribution in [3.05, 3.63) is 83.4 Å². The highest BCUT2D eigenvalue weighted by Crippen LogP contribution is 2.34. The third kappa shape index (κ3) is 2.09. The first-order valence-corrected chi connectivity index (χ1v) is 7.28. The molecule has 4 rings (SSSR count). The van der Waals surface area contributed by atoms with E-state index in [0.29, 0.717) is 23.5 Å². The summed E-state index contributed by atoms with van der Waals surface area (Å²) in [5.41, 5.74) is 2.37. The van der Waals surface area contributed by atoms with Gasteiger partial charge in [0.25, 0.3) is 0 Å². The van der Waals surface area contributed by atoms with Crippen molar-refractivity contribution in [2.24, 2.45) is 0 Å². The molecule has 0 atom stereocenters. The number of carbonyl (C=O) groups excluding carboxylic acids is 1. The van der Waals surface area contributed by atoms with Crippen LogP contribution in [0.15, 0.2) is 72.3 Å². The molecule has 0 aliphatic carbocycles. The number of ether oxygens (including phenoxy) is 1. The van der Waals surface area contributed by atoms with E-state index in [1.54, 1.807) is 0 Å². The van der Waals surface area contributed by atoms with Crippen molar-refractivity contribution in [1.29, 1.82) is 0 Å². The van der Waals surface area contributed by atoms with Crippen molar-refractivity contribution < 1.29 is 9.53 Å². The fourth-order valence-corrected chi connectivity index (χ4v) is 2.85. The molecule has 1 heterocycles. The SMILES string of the molecule is O=C1C(=Cc2ccccc2)COc2ccc3ccccc3c21. The largest absolute Gasteiger partial charge is 0.488 e. The van der Waals surface area contributed by atoms with Crippen LogP contribution in [-0.2, 0) is 0 Å². The van der Waals surface area contributed by atoms with Gasteiger partial charge >= 0.3 is 0 Å². The minimum Gasteiger partial charge on any atom is -0.488 e. The molecule has 1 aliphatic heterocycles. The molecule has 3 aromatic carbocycles. The summed E-state index contributed by atoms with van der Waals surface area (Å²) >= 11 is 0. The normalized spacial score (nSPS) is 15.6. The minimum absolute atomic E-state index is 0.0573. The Morgan fingerprint density at radius 1 is 0.864 bits per heavy atom. The van der Waals surface area contributed by atoms with Crippen LogP contribution < -0.4 is 4.74 Å². The molecule has 0 saturated carbocycles. The molecule has 2 nitrogen and oxygen atoms in total. The van der Waals surface area contributed by atoms with Crippen LogP contribution in [0.5, 0.6) is 5.75 Å². The number of hydrogen-bond acceptors (Lipinski definition) is 2. The van der Waals surface area contributed by atoms with Gasteiger partial charge in [-0.2, -0.15) is 0 Å². The molecule has 106 valence electrons. The third-order valence-corrected chi connectivity index (χ3v) is 3.93. The lowest BCUT2D eigenvalue weighted by Gasteiger charge is -2.20. The highest BCUT2D eigenvalue weighted by atomic mass is 16.5. The maximum Gasteiger partial charge on any atom is 0.196 e. The molecule has 0 spiro atoms. The predicted octanol–water partition coefficient (Wildman–Crippen LogP) is 4.50. The maximum atomic E-state index is 12.9. The number of hydrogen-bond donors (Lipinski definition) is 0. The molecule has 0 amide bonds. The summed E-state index contributed by atoms with van der Waals surface area (Å²) in [6.45, 7) is 0.319. The van der Waals surface area contributed by atoms with E-state index >= 15 is 0 Å². The second kappa shape index (κ2) is 5.15.